The van der Waals surface area contributed by atoms with Crippen molar-refractivity contribution in [3.8, 4) is 5.75 Å². The van der Waals surface area contributed by atoms with Crippen LogP contribution in [0.25, 0.3) is 10.8 Å². The Labute approximate surface area is 183 Å². The molecule has 1 saturated heterocycles. The molecule has 1 heterocycles. The fraction of sp³-hybridized carbons (Fsp3) is 0.308. The first-order valence-corrected chi connectivity index (χ1v) is 11.0. The van der Waals surface area contributed by atoms with E-state index in [2.05, 4.69) is 5.32 Å². The van der Waals surface area contributed by atoms with Crippen molar-refractivity contribution in [3.05, 3.63) is 72.3 Å². The quantitative estimate of drug-likeness (QED) is 0.596. The van der Waals surface area contributed by atoms with Gasteiger partial charge in [0.15, 0.2) is 6.10 Å². The van der Waals surface area contributed by atoms with Gasteiger partial charge >= 0.3 is 0 Å². The van der Waals surface area contributed by atoms with E-state index in [4.69, 9.17) is 4.74 Å². The van der Waals surface area contributed by atoms with Crippen LogP contribution in [0.1, 0.15) is 43.0 Å². The molecule has 4 rings (SSSR count). The summed E-state index contributed by atoms with van der Waals surface area (Å²) >= 11 is 0. The molecule has 160 valence electrons. The molecule has 0 bridgehead atoms. The number of piperidine rings is 1. The average Bonchev–Trinajstić information content (AvgIpc) is 2.82. The highest BCUT2D eigenvalue weighted by Gasteiger charge is 2.24. The summed E-state index contributed by atoms with van der Waals surface area (Å²) < 4.78 is 6.02. The third-order valence-electron chi connectivity index (χ3n) is 5.72. The van der Waals surface area contributed by atoms with Crippen LogP contribution in [0.3, 0.4) is 0 Å². The van der Waals surface area contributed by atoms with Crippen LogP contribution in [0.15, 0.2) is 66.7 Å². The fourth-order valence-corrected chi connectivity index (χ4v) is 3.99. The Kier molecular flexibility index (Phi) is 6.51. The van der Waals surface area contributed by atoms with Crippen molar-refractivity contribution in [1.29, 1.82) is 0 Å². The van der Waals surface area contributed by atoms with Gasteiger partial charge in [-0.05, 0) is 60.7 Å². The number of amides is 2. The lowest BCUT2D eigenvalue weighted by molar-refractivity contribution is -0.122. The van der Waals surface area contributed by atoms with Crippen LogP contribution in [0.2, 0.25) is 0 Å². The fourth-order valence-electron chi connectivity index (χ4n) is 3.99. The molecule has 0 saturated carbocycles. The second-order valence-electron chi connectivity index (χ2n) is 7.91. The lowest BCUT2D eigenvalue weighted by Crippen LogP contribution is -2.37. The molecule has 3 aromatic carbocycles. The van der Waals surface area contributed by atoms with Crippen LogP contribution in [-0.2, 0) is 4.79 Å². The highest BCUT2D eigenvalue weighted by molar-refractivity contribution is 6.04. The second-order valence-corrected chi connectivity index (χ2v) is 7.91. The van der Waals surface area contributed by atoms with E-state index in [9.17, 15) is 9.59 Å². The first-order valence-electron chi connectivity index (χ1n) is 11.0. The van der Waals surface area contributed by atoms with Gasteiger partial charge in [0.1, 0.15) is 5.75 Å². The van der Waals surface area contributed by atoms with Crippen molar-refractivity contribution in [1.82, 2.24) is 4.90 Å². The zero-order valence-corrected chi connectivity index (χ0v) is 17.8. The van der Waals surface area contributed by atoms with Crippen molar-refractivity contribution >= 4 is 28.3 Å². The average molecular weight is 417 g/mol. The van der Waals surface area contributed by atoms with Crippen molar-refractivity contribution in [2.24, 2.45) is 0 Å². The number of rotatable bonds is 6. The maximum atomic E-state index is 13.0. The van der Waals surface area contributed by atoms with E-state index in [-0.39, 0.29) is 11.8 Å². The van der Waals surface area contributed by atoms with Crippen LogP contribution < -0.4 is 10.1 Å². The van der Waals surface area contributed by atoms with Crippen molar-refractivity contribution in [2.45, 2.75) is 38.7 Å². The molecular formula is C26H28N2O3. The number of hydrogen-bond acceptors (Lipinski definition) is 3. The minimum absolute atomic E-state index is 0.0286. The van der Waals surface area contributed by atoms with Gasteiger partial charge in [-0.25, -0.2) is 0 Å². The third kappa shape index (κ3) is 4.88. The minimum atomic E-state index is -0.653. The highest BCUT2D eigenvalue weighted by atomic mass is 16.5. The largest absolute Gasteiger partial charge is 0.481 e. The maximum absolute atomic E-state index is 13.0. The zero-order valence-electron chi connectivity index (χ0n) is 17.8. The topological polar surface area (TPSA) is 58.6 Å². The number of fused-ring (bicyclic) bond motifs is 1. The molecule has 1 aliphatic heterocycles. The molecule has 0 spiro atoms. The van der Waals surface area contributed by atoms with Gasteiger partial charge in [0.05, 0.1) is 11.3 Å². The lowest BCUT2D eigenvalue weighted by Gasteiger charge is -2.27. The minimum Gasteiger partial charge on any atom is -0.481 e. The summed E-state index contributed by atoms with van der Waals surface area (Å²) in [5.74, 6) is 0.368. The summed E-state index contributed by atoms with van der Waals surface area (Å²) in [5.41, 5.74) is 1.06. The lowest BCUT2D eigenvalue weighted by atomic mass is 10.1. The number of carbonyl (C=O) groups is 2. The summed E-state index contributed by atoms with van der Waals surface area (Å²) in [6.45, 7) is 3.45. The highest BCUT2D eigenvalue weighted by Crippen LogP contribution is 2.24. The molecular weight excluding hydrogens is 388 g/mol. The summed E-state index contributed by atoms with van der Waals surface area (Å²) in [7, 11) is 0. The Morgan fingerprint density at radius 3 is 2.42 bits per heavy atom. The Balaban J connectivity index is 1.49. The second kappa shape index (κ2) is 9.65. The molecule has 1 atom stereocenters. The molecule has 0 aromatic heterocycles. The number of carbonyl (C=O) groups excluding carboxylic acids is 2. The molecule has 5 heteroatoms. The number of likely N-dealkylation sites (tertiary alicyclic amines) is 1. The first kappa shape index (κ1) is 20.9. The van der Waals surface area contributed by atoms with E-state index < -0.39 is 6.10 Å². The molecule has 1 N–H and O–H groups in total. The number of para-hydroxylation sites is 1. The van der Waals surface area contributed by atoms with Gasteiger partial charge in [-0.3, -0.25) is 9.59 Å². The first-order chi connectivity index (χ1) is 15.2. The van der Waals surface area contributed by atoms with Crippen LogP contribution in [0.5, 0.6) is 5.75 Å². The molecule has 1 unspecified atom stereocenters. The smallest absolute Gasteiger partial charge is 0.265 e. The predicted molar refractivity (Wildman–Crippen MR) is 123 cm³/mol. The van der Waals surface area contributed by atoms with Crippen molar-refractivity contribution < 1.29 is 14.3 Å². The van der Waals surface area contributed by atoms with Gasteiger partial charge < -0.3 is 15.0 Å². The molecule has 3 aromatic rings. The van der Waals surface area contributed by atoms with Gasteiger partial charge in [-0.15, -0.1) is 0 Å². The molecule has 0 radical (unpaired) electrons. The SMILES string of the molecule is CCC(Oc1ccc2ccccc2c1)C(=O)Nc1ccccc1C(=O)N1CCCCC1. The summed E-state index contributed by atoms with van der Waals surface area (Å²) in [4.78, 5) is 27.9. The number of benzene rings is 3. The van der Waals surface area contributed by atoms with E-state index >= 15 is 0 Å². The molecule has 0 aliphatic carbocycles. The Morgan fingerprint density at radius 2 is 1.65 bits per heavy atom. The van der Waals surface area contributed by atoms with E-state index in [1.54, 1.807) is 12.1 Å². The number of hydrogen-bond donors (Lipinski definition) is 1. The van der Waals surface area contributed by atoms with Crippen LogP contribution >= 0.6 is 0 Å². The number of nitrogens with one attached hydrogen (secondary N) is 1. The molecule has 5 nitrogen and oxygen atoms in total. The van der Waals surface area contributed by atoms with E-state index in [0.29, 0.717) is 23.4 Å². The summed E-state index contributed by atoms with van der Waals surface area (Å²) in [6.07, 6.45) is 3.07. The number of ether oxygens (including phenoxy) is 1. The van der Waals surface area contributed by atoms with Crippen LogP contribution in [0, 0.1) is 0 Å². The Hall–Kier alpha value is -3.34. The normalized spacial score (nSPS) is 14.8. The van der Waals surface area contributed by atoms with Gasteiger partial charge in [-0.1, -0.05) is 49.4 Å². The van der Waals surface area contributed by atoms with Crippen LogP contribution in [0.4, 0.5) is 5.69 Å². The number of anilines is 1. The standard InChI is InChI=1S/C26H28N2O3/c1-2-24(31-21-15-14-19-10-4-5-11-20(19)18-21)25(29)27-23-13-7-6-12-22(23)26(30)28-16-8-3-9-17-28/h4-7,10-15,18,24H,2-3,8-9,16-17H2,1H3,(H,27,29). The maximum Gasteiger partial charge on any atom is 0.265 e. The molecule has 31 heavy (non-hydrogen) atoms. The molecule has 1 fully saturated rings. The molecule has 2 amide bonds. The van der Waals surface area contributed by atoms with Gasteiger partial charge in [0.25, 0.3) is 11.8 Å². The predicted octanol–water partition coefficient (Wildman–Crippen LogP) is 5.26. The zero-order chi connectivity index (χ0) is 21.6. The van der Waals surface area contributed by atoms with Crippen molar-refractivity contribution in [3.63, 3.8) is 0 Å². The molecule has 1 aliphatic rings. The summed E-state index contributed by atoms with van der Waals surface area (Å²) in [5, 5.41) is 5.11. The Bertz CT molecular complexity index is 1070. The van der Waals surface area contributed by atoms with Gasteiger partial charge in [-0.2, -0.15) is 0 Å². The summed E-state index contributed by atoms with van der Waals surface area (Å²) in [6, 6.07) is 21.1. The van der Waals surface area contributed by atoms with E-state index in [1.807, 2.05) is 66.4 Å². The number of nitrogens with zero attached hydrogens (tertiary/aromatic N) is 1. The van der Waals surface area contributed by atoms with E-state index in [1.165, 1.54) is 0 Å². The Morgan fingerprint density at radius 1 is 0.935 bits per heavy atom. The van der Waals surface area contributed by atoms with Crippen molar-refractivity contribution in [2.75, 3.05) is 18.4 Å². The van der Waals surface area contributed by atoms with Crippen LogP contribution in [-0.4, -0.2) is 35.9 Å². The third-order valence-corrected chi connectivity index (χ3v) is 5.72. The monoisotopic (exact) mass is 416 g/mol. The van der Waals surface area contributed by atoms with E-state index in [0.717, 1.165) is 43.1 Å². The van der Waals surface area contributed by atoms with Gasteiger partial charge in [0, 0.05) is 13.1 Å². The van der Waals surface area contributed by atoms with Gasteiger partial charge in [0.2, 0.25) is 0 Å².